The summed E-state index contributed by atoms with van der Waals surface area (Å²) in [5, 5.41) is 11.5. The van der Waals surface area contributed by atoms with Crippen LogP contribution >= 0.6 is 0 Å². The Morgan fingerprint density at radius 1 is 1.12 bits per heavy atom. The number of carbonyl (C=O) groups excluding carboxylic acids is 1. The predicted octanol–water partition coefficient (Wildman–Crippen LogP) is 2.28. The first-order valence-electron chi connectivity index (χ1n) is 13.4. The maximum absolute atomic E-state index is 13.2. The molecule has 1 saturated heterocycles. The van der Waals surface area contributed by atoms with Crippen molar-refractivity contribution >= 4 is 16.8 Å². The van der Waals surface area contributed by atoms with E-state index >= 15 is 0 Å². The van der Waals surface area contributed by atoms with Crippen molar-refractivity contribution in [1.82, 2.24) is 14.5 Å². The van der Waals surface area contributed by atoms with Crippen LogP contribution in [-0.2, 0) is 17.9 Å². The number of aryl methyl sites for hydroxylation is 1. The van der Waals surface area contributed by atoms with Crippen molar-refractivity contribution in [2.75, 3.05) is 13.1 Å². The summed E-state index contributed by atoms with van der Waals surface area (Å²) in [6.07, 6.45) is 0.648. The molecule has 0 saturated carbocycles. The number of amides is 1. The van der Waals surface area contributed by atoms with Gasteiger partial charge in [-0.25, -0.2) is 0 Å². The molecular weight excluding hydrogens is 512 g/mol. The number of pyridine rings is 2. The van der Waals surface area contributed by atoms with Gasteiger partial charge in [-0.15, -0.1) is 0 Å². The van der Waals surface area contributed by atoms with Crippen molar-refractivity contribution in [1.29, 1.82) is 0 Å². The van der Waals surface area contributed by atoms with Gasteiger partial charge in [-0.05, 0) is 42.3 Å². The smallest absolute Gasteiger partial charge is 0.252 e. The van der Waals surface area contributed by atoms with Crippen LogP contribution in [0.15, 0.2) is 67.3 Å². The van der Waals surface area contributed by atoms with Crippen molar-refractivity contribution in [3.05, 3.63) is 108 Å². The number of nitrogens with zero attached hydrogens (tertiary/aromatic N) is 2. The first-order chi connectivity index (χ1) is 19.2. The van der Waals surface area contributed by atoms with Crippen LogP contribution in [0.25, 0.3) is 10.9 Å². The highest BCUT2D eigenvalue weighted by atomic mass is 16.4. The fourth-order valence-corrected chi connectivity index (χ4v) is 6.42. The summed E-state index contributed by atoms with van der Waals surface area (Å²) >= 11 is 0. The van der Waals surface area contributed by atoms with E-state index in [9.17, 15) is 24.3 Å². The van der Waals surface area contributed by atoms with Crippen LogP contribution in [-0.4, -0.2) is 38.6 Å². The molecule has 2 bridgehead atoms. The van der Waals surface area contributed by atoms with E-state index in [0.29, 0.717) is 37.5 Å². The van der Waals surface area contributed by atoms with E-state index in [1.54, 1.807) is 18.2 Å². The molecule has 1 aromatic carbocycles. The number of aromatic hydroxyl groups is 1. The Hall–Kier alpha value is -4.44. The number of hydrogen-bond donors (Lipinski definition) is 3. The molecule has 1 fully saturated rings. The number of primary amides is 1. The number of carbonyl (C=O) groups is 1. The number of rotatable bonds is 6. The molecule has 3 aromatic heterocycles. The SMILES string of the molecule is Cc1cccc2cc([C@H](CC(N)=O)c3oc(CN4C[C@H]5C[C@@H](C4)c4cccc(=O)n4C5)cc(=O)c3O)c(=O)[nH]c12. The van der Waals surface area contributed by atoms with Gasteiger partial charge in [0.1, 0.15) is 5.76 Å². The highest BCUT2D eigenvalue weighted by Crippen LogP contribution is 2.36. The third kappa shape index (κ3) is 4.64. The third-order valence-electron chi connectivity index (χ3n) is 8.15. The molecule has 0 aliphatic carbocycles. The molecule has 2 aliphatic rings. The van der Waals surface area contributed by atoms with Gasteiger partial charge in [-0.2, -0.15) is 0 Å². The lowest BCUT2D eigenvalue weighted by Crippen LogP contribution is -2.46. The van der Waals surface area contributed by atoms with Crippen LogP contribution in [0, 0.1) is 12.8 Å². The molecule has 206 valence electrons. The molecule has 0 unspecified atom stereocenters. The number of hydrogen-bond acceptors (Lipinski definition) is 7. The number of aromatic amines is 1. The first kappa shape index (κ1) is 25.8. The van der Waals surface area contributed by atoms with E-state index in [4.69, 9.17) is 10.2 Å². The predicted molar refractivity (Wildman–Crippen MR) is 148 cm³/mol. The molecule has 4 aromatic rings. The number of para-hydroxylation sites is 1. The number of benzene rings is 1. The standard InChI is InChI=1S/C30H30N4O6/c1-16-4-2-5-18-9-22(30(39)32-27(16)18)21(11-25(31)36)29-28(38)24(35)10-20(40-29)15-33-12-17-8-19(14-33)23-6-3-7-26(37)34(23)13-17/h2-7,9-10,17,19,21,38H,8,11-15H2,1H3,(H2,31,36)(H,32,39)/t17-,19+,21+/m1/s1. The van der Waals surface area contributed by atoms with E-state index in [-0.39, 0.29) is 35.1 Å². The summed E-state index contributed by atoms with van der Waals surface area (Å²) in [5.41, 5.74) is 7.15. The lowest BCUT2D eigenvalue weighted by molar-refractivity contribution is -0.118. The summed E-state index contributed by atoms with van der Waals surface area (Å²) in [4.78, 5) is 55.6. The quantitative estimate of drug-likeness (QED) is 0.338. The van der Waals surface area contributed by atoms with Crippen molar-refractivity contribution < 1.29 is 14.3 Å². The summed E-state index contributed by atoms with van der Waals surface area (Å²) in [7, 11) is 0. The number of fused-ring (bicyclic) bond motifs is 5. The van der Waals surface area contributed by atoms with Gasteiger partial charge in [-0.3, -0.25) is 24.1 Å². The zero-order valence-corrected chi connectivity index (χ0v) is 22.1. The maximum atomic E-state index is 13.2. The van der Waals surface area contributed by atoms with Gasteiger partial charge < -0.3 is 24.8 Å². The normalized spacial score (nSPS) is 19.3. The lowest BCUT2D eigenvalue weighted by atomic mass is 9.83. The van der Waals surface area contributed by atoms with E-state index in [1.807, 2.05) is 35.8 Å². The Balaban J connectivity index is 1.36. The van der Waals surface area contributed by atoms with Crippen molar-refractivity contribution in [3.8, 4) is 5.75 Å². The van der Waals surface area contributed by atoms with Gasteiger partial charge in [0.2, 0.25) is 17.1 Å². The average Bonchev–Trinajstić information content (AvgIpc) is 2.90. The van der Waals surface area contributed by atoms with E-state index in [2.05, 4.69) is 9.88 Å². The van der Waals surface area contributed by atoms with E-state index in [1.165, 1.54) is 6.07 Å². The van der Waals surface area contributed by atoms with Gasteiger partial charge in [-0.1, -0.05) is 24.3 Å². The second kappa shape index (κ2) is 9.95. The Labute approximate surface area is 228 Å². The Morgan fingerprint density at radius 3 is 2.73 bits per heavy atom. The number of piperidine rings is 1. The third-order valence-corrected chi connectivity index (χ3v) is 8.15. The highest BCUT2D eigenvalue weighted by molar-refractivity contribution is 5.82. The number of aromatic nitrogens is 2. The molecule has 10 heteroatoms. The molecule has 0 spiro atoms. The molecule has 40 heavy (non-hydrogen) atoms. The second-order valence-corrected chi connectivity index (χ2v) is 11.0. The fraction of sp³-hybridized carbons (Fsp3) is 0.333. The van der Waals surface area contributed by atoms with Crippen LogP contribution in [0.1, 0.15) is 53.0 Å². The molecule has 5 heterocycles. The molecule has 2 aliphatic heterocycles. The van der Waals surface area contributed by atoms with Gasteiger partial charge in [0.25, 0.3) is 11.1 Å². The van der Waals surface area contributed by atoms with Crippen molar-refractivity contribution in [2.45, 2.75) is 44.7 Å². The fourth-order valence-electron chi connectivity index (χ4n) is 6.42. The van der Waals surface area contributed by atoms with Gasteiger partial charge in [0.15, 0.2) is 5.76 Å². The van der Waals surface area contributed by atoms with Gasteiger partial charge in [0.05, 0.1) is 18.0 Å². The van der Waals surface area contributed by atoms with Crippen LogP contribution in [0.4, 0.5) is 0 Å². The maximum Gasteiger partial charge on any atom is 0.252 e. The van der Waals surface area contributed by atoms with Gasteiger partial charge in [0, 0.05) is 55.4 Å². The zero-order chi connectivity index (χ0) is 28.1. The summed E-state index contributed by atoms with van der Waals surface area (Å²) in [6, 6.07) is 13.8. The number of likely N-dealkylation sites (tertiary alicyclic amines) is 1. The molecule has 10 nitrogen and oxygen atoms in total. The molecule has 4 N–H and O–H groups in total. The largest absolute Gasteiger partial charge is 0.502 e. The summed E-state index contributed by atoms with van der Waals surface area (Å²) in [5.74, 6) is -1.82. The average molecular weight is 543 g/mol. The Kier molecular flexibility index (Phi) is 6.42. The Morgan fingerprint density at radius 2 is 1.93 bits per heavy atom. The zero-order valence-electron chi connectivity index (χ0n) is 22.1. The minimum absolute atomic E-state index is 0.00848. The second-order valence-electron chi connectivity index (χ2n) is 11.0. The molecule has 3 atom stereocenters. The summed E-state index contributed by atoms with van der Waals surface area (Å²) < 4.78 is 7.96. The topological polar surface area (TPSA) is 152 Å². The number of H-pyrrole nitrogens is 1. The molecular formula is C30H30N4O6. The number of nitrogens with two attached hydrogens (primary N) is 1. The van der Waals surface area contributed by atoms with E-state index in [0.717, 1.165) is 23.1 Å². The molecule has 0 radical (unpaired) electrons. The monoisotopic (exact) mass is 542 g/mol. The van der Waals surface area contributed by atoms with Crippen molar-refractivity contribution in [3.63, 3.8) is 0 Å². The Bertz CT molecular complexity index is 1820. The van der Waals surface area contributed by atoms with Crippen LogP contribution < -0.4 is 22.3 Å². The van der Waals surface area contributed by atoms with Crippen LogP contribution in [0.5, 0.6) is 5.75 Å². The minimum atomic E-state index is -1.06. The van der Waals surface area contributed by atoms with Gasteiger partial charge >= 0.3 is 0 Å². The number of nitrogens with one attached hydrogen (secondary N) is 1. The molecule has 6 rings (SSSR count). The first-order valence-corrected chi connectivity index (χ1v) is 13.4. The highest BCUT2D eigenvalue weighted by Gasteiger charge is 2.35. The lowest BCUT2D eigenvalue weighted by Gasteiger charge is -2.42. The molecule has 1 amide bonds. The van der Waals surface area contributed by atoms with E-state index < -0.39 is 28.6 Å². The minimum Gasteiger partial charge on any atom is -0.502 e. The van der Waals surface area contributed by atoms with Crippen LogP contribution in [0.3, 0.4) is 0 Å². The van der Waals surface area contributed by atoms with Crippen molar-refractivity contribution in [2.24, 2.45) is 11.7 Å². The van der Waals surface area contributed by atoms with Crippen LogP contribution in [0.2, 0.25) is 0 Å². The summed E-state index contributed by atoms with van der Waals surface area (Å²) in [6.45, 7) is 4.19.